The monoisotopic (exact) mass is 392 g/mol. The molecular weight excluding hydrogens is 389 g/mol. The van der Waals surface area contributed by atoms with Crippen LogP contribution in [0.3, 0.4) is 0 Å². The van der Waals surface area contributed by atoms with Gasteiger partial charge in [0.15, 0.2) is 5.69 Å². The molecule has 0 radical (unpaired) electrons. The summed E-state index contributed by atoms with van der Waals surface area (Å²) in [6.45, 7) is 0. The predicted molar refractivity (Wildman–Crippen MR) is 61.2 cm³/mol. The van der Waals surface area contributed by atoms with Crippen LogP contribution in [-0.2, 0) is 5.33 Å². The predicted octanol–water partition coefficient (Wildman–Crippen LogP) is 3.43. The first kappa shape index (κ1) is 12.7. The Labute approximate surface area is 105 Å². The second kappa shape index (κ2) is 5.10. The van der Waals surface area contributed by atoms with Crippen LogP contribution in [0.15, 0.2) is 6.07 Å². The van der Waals surface area contributed by atoms with E-state index in [9.17, 15) is 18.9 Å². The largest absolute Gasteiger partial charge is 0.297 e. The number of pyridine rings is 1. The molecule has 1 rings (SSSR count). The van der Waals surface area contributed by atoms with Crippen LogP contribution in [0.5, 0.6) is 0 Å². The Balaban J connectivity index is 3.39. The molecule has 0 amide bonds. The van der Waals surface area contributed by atoms with Crippen LogP contribution in [0.2, 0.25) is 0 Å². The zero-order valence-electron chi connectivity index (χ0n) is 7.08. The molecule has 82 valence electrons. The van der Waals surface area contributed by atoms with E-state index >= 15 is 0 Å². The third-order valence-corrected chi connectivity index (χ3v) is 3.14. The number of nitro groups is 1. The summed E-state index contributed by atoms with van der Waals surface area (Å²) in [6.07, 6.45) is -2.94. The Morgan fingerprint density at radius 1 is 1.67 bits per heavy atom. The fraction of sp³-hybridized carbons (Fsp3) is 0.286. The van der Waals surface area contributed by atoms with Gasteiger partial charge in [-0.15, -0.1) is 0 Å². The minimum absolute atomic E-state index is 0.336. The third-order valence-electron chi connectivity index (χ3n) is 1.60. The van der Waals surface area contributed by atoms with Crippen molar-refractivity contribution >= 4 is 44.2 Å². The highest BCUT2D eigenvalue weighted by molar-refractivity contribution is 14.1. The molecule has 0 aliphatic carbocycles. The van der Waals surface area contributed by atoms with Gasteiger partial charge in [0.25, 0.3) is 12.1 Å². The molecule has 0 spiro atoms. The molecule has 0 aliphatic heterocycles. The molecule has 0 saturated heterocycles. The fourth-order valence-electron chi connectivity index (χ4n) is 0.934. The van der Waals surface area contributed by atoms with Crippen molar-refractivity contribution in [2.45, 2.75) is 11.8 Å². The molecule has 1 aromatic heterocycles. The highest BCUT2D eigenvalue weighted by Crippen LogP contribution is 2.30. The molecule has 0 bridgehead atoms. The van der Waals surface area contributed by atoms with Crippen LogP contribution in [0.25, 0.3) is 0 Å². The van der Waals surface area contributed by atoms with Crippen molar-refractivity contribution < 1.29 is 13.7 Å². The van der Waals surface area contributed by atoms with E-state index in [1.165, 1.54) is 0 Å². The summed E-state index contributed by atoms with van der Waals surface area (Å²) < 4.78 is 25.2. The van der Waals surface area contributed by atoms with E-state index in [2.05, 4.69) is 20.9 Å². The summed E-state index contributed by atoms with van der Waals surface area (Å²) in [4.78, 5) is 13.2. The average Bonchev–Trinajstić information content (AvgIpc) is 2.16. The van der Waals surface area contributed by atoms with Gasteiger partial charge in [-0.25, -0.2) is 13.8 Å². The Morgan fingerprint density at radius 3 is 2.67 bits per heavy atom. The van der Waals surface area contributed by atoms with Gasteiger partial charge in [-0.3, -0.25) is 10.1 Å². The number of rotatable bonds is 3. The van der Waals surface area contributed by atoms with E-state index in [0.717, 1.165) is 6.07 Å². The maximum absolute atomic E-state index is 12.4. The fourth-order valence-corrected chi connectivity index (χ4v) is 2.49. The van der Waals surface area contributed by atoms with Crippen molar-refractivity contribution in [1.29, 1.82) is 0 Å². The zero-order chi connectivity index (χ0) is 11.6. The molecule has 0 atom stereocenters. The normalized spacial score (nSPS) is 10.7. The molecule has 1 heterocycles. The van der Waals surface area contributed by atoms with Gasteiger partial charge in [-0.2, -0.15) is 0 Å². The van der Waals surface area contributed by atoms with Crippen molar-refractivity contribution in [1.82, 2.24) is 4.98 Å². The molecule has 1 aromatic rings. The van der Waals surface area contributed by atoms with Crippen LogP contribution in [-0.4, -0.2) is 9.91 Å². The second-order valence-corrected chi connectivity index (χ2v) is 4.12. The number of hydrogen-bond donors (Lipinski definition) is 0. The van der Waals surface area contributed by atoms with E-state index < -0.39 is 22.7 Å². The van der Waals surface area contributed by atoms with Crippen LogP contribution < -0.4 is 0 Å². The number of hydrogen-bond acceptors (Lipinski definition) is 3. The number of aromatic nitrogens is 1. The highest BCUT2D eigenvalue weighted by Gasteiger charge is 2.25. The Hall–Kier alpha value is -0.380. The van der Waals surface area contributed by atoms with Crippen LogP contribution in [0, 0.1) is 13.8 Å². The standard InChI is InChI=1S/C7H4BrF2IN2O2/c8-2-3-1-4(13(14)15)5(6(9)10)12-7(3)11/h1,6H,2H2. The van der Waals surface area contributed by atoms with Crippen molar-refractivity contribution in [3.05, 3.63) is 31.1 Å². The Bertz CT molecular complexity index is 403. The zero-order valence-corrected chi connectivity index (χ0v) is 10.8. The quantitative estimate of drug-likeness (QED) is 0.260. The van der Waals surface area contributed by atoms with E-state index in [1.807, 2.05) is 0 Å². The van der Waals surface area contributed by atoms with Crippen LogP contribution >= 0.6 is 38.5 Å². The number of nitrogens with zero attached hydrogens (tertiary/aromatic N) is 2. The lowest BCUT2D eigenvalue weighted by Crippen LogP contribution is -2.03. The van der Waals surface area contributed by atoms with Crippen molar-refractivity contribution in [3.63, 3.8) is 0 Å². The van der Waals surface area contributed by atoms with Gasteiger partial charge in [0.1, 0.15) is 3.70 Å². The van der Waals surface area contributed by atoms with Gasteiger partial charge in [0.2, 0.25) is 0 Å². The minimum Gasteiger partial charge on any atom is -0.258 e. The summed E-state index contributed by atoms with van der Waals surface area (Å²) in [5.41, 5.74) is -0.902. The molecule has 8 heteroatoms. The van der Waals surface area contributed by atoms with Crippen molar-refractivity contribution in [2.75, 3.05) is 0 Å². The Morgan fingerprint density at radius 2 is 2.27 bits per heavy atom. The van der Waals surface area contributed by atoms with Crippen molar-refractivity contribution in [3.8, 4) is 0 Å². The summed E-state index contributed by atoms with van der Waals surface area (Å²) in [6, 6.07) is 1.12. The first-order chi connectivity index (χ1) is 6.97. The van der Waals surface area contributed by atoms with Crippen molar-refractivity contribution in [2.24, 2.45) is 0 Å². The lowest BCUT2D eigenvalue weighted by atomic mass is 10.2. The summed E-state index contributed by atoms with van der Waals surface area (Å²) >= 11 is 4.86. The lowest BCUT2D eigenvalue weighted by molar-refractivity contribution is -0.386. The minimum atomic E-state index is -2.94. The summed E-state index contributed by atoms with van der Waals surface area (Å²) in [5.74, 6) is 0. The molecule has 15 heavy (non-hydrogen) atoms. The van der Waals surface area contributed by atoms with Gasteiger partial charge in [0.05, 0.1) is 4.92 Å². The first-order valence-electron chi connectivity index (χ1n) is 3.65. The van der Waals surface area contributed by atoms with Gasteiger partial charge in [-0.1, -0.05) is 15.9 Å². The first-order valence-corrected chi connectivity index (χ1v) is 5.85. The third kappa shape index (κ3) is 2.80. The van der Waals surface area contributed by atoms with Gasteiger partial charge >= 0.3 is 0 Å². The van der Waals surface area contributed by atoms with E-state index in [4.69, 9.17) is 0 Å². The molecule has 0 aliphatic rings. The number of alkyl halides is 3. The van der Waals surface area contributed by atoms with E-state index in [0.29, 0.717) is 14.6 Å². The van der Waals surface area contributed by atoms with E-state index in [-0.39, 0.29) is 0 Å². The van der Waals surface area contributed by atoms with Crippen LogP contribution in [0.1, 0.15) is 17.7 Å². The van der Waals surface area contributed by atoms with Crippen LogP contribution in [0.4, 0.5) is 14.5 Å². The number of halogens is 4. The molecule has 0 aromatic carbocycles. The molecule has 0 saturated carbocycles. The second-order valence-electron chi connectivity index (χ2n) is 2.53. The van der Waals surface area contributed by atoms with Gasteiger partial charge < -0.3 is 0 Å². The summed E-state index contributed by atoms with van der Waals surface area (Å²) in [7, 11) is 0. The SMILES string of the molecule is O=[N+]([O-])c1cc(CBr)c(I)nc1C(F)F. The molecule has 0 fully saturated rings. The highest BCUT2D eigenvalue weighted by atomic mass is 127. The molecule has 0 N–H and O–H groups in total. The summed E-state index contributed by atoms with van der Waals surface area (Å²) in [5, 5.41) is 10.9. The topological polar surface area (TPSA) is 56.0 Å². The maximum Gasteiger partial charge on any atom is 0.297 e. The van der Waals surface area contributed by atoms with Gasteiger partial charge in [-0.05, 0) is 22.6 Å². The maximum atomic E-state index is 12.4. The van der Waals surface area contributed by atoms with Gasteiger partial charge in [0, 0.05) is 17.0 Å². The Kier molecular flexibility index (Phi) is 4.32. The smallest absolute Gasteiger partial charge is 0.258 e. The molecule has 4 nitrogen and oxygen atoms in total. The van der Waals surface area contributed by atoms with E-state index in [1.54, 1.807) is 22.6 Å². The average molecular weight is 393 g/mol. The lowest BCUT2D eigenvalue weighted by Gasteiger charge is -2.04. The molecule has 0 unspecified atom stereocenters. The molecular formula is C7H4BrF2IN2O2.